The fourth-order valence-corrected chi connectivity index (χ4v) is 3.38. The summed E-state index contributed by atoms with van der Waals surface area (Å²) >= 11 is 0. The van der Waals surface area contributed by atoms with Gasteiger partial charge in [-0.1, -0.05) is 6.92 Å². The van der Waals surface area contributed by atoms with Crippen molar-refractivity contribution in [1.82, 2.24) is 9.97 Å². The van der Waals surface area contributed by atoms with Crippen LogP contribution in [0.5, 0.6) is 0 Å². The van der Waals surface area contributed by atoms with Crippen molar-refractivity contribution >= 4 is 28.2 Å². The van der Waals surface area contributed by atoms with Crippen LogP contribution in [0.1, 0.15) is 42.4 Å². The largest absolute Gasteiger partial charge is 0.417 e. The van der Waals surface area contributed by atoms with E-state index >= 15 is 0 Å². The van der Waals surface area contributed by atoms with E-state index < -0.39 is 33.9 Å². The van der Waals surface area contributed by atoms with Crippen LogP contribution in [0.2, 0.25) is 0 Å². The Morgan fingerprint density at radius 1 is 1.20 bits per heavy atom. The van der Waals surface area contributed by atoms with E-state index in [9.17, 15) is 27.4 Å². The lowest BCUT2D eigenvalue weighted by Gasteiger charge is -2.18. The van der Waals surface area contributed by atoms with Gasteiger partial charge in [0.05, 0.1) is 38.4 Å². The number of amides is 1. The minimum Gasteiger partial charge on any atom is -0.371 e. The van der Waals surface area contributed by atoms with Crippen molar-refractivity contribution in [2.75, 3.05) is 23.4 Å². The van der Waals surface area contributed by atoms with Crippen molar-refractivity contribution in [2.45, 2.75) is 37.3 Å². The highest BCUT2D eigenvalue weighted by Gasteiger charge is 2.32. The zero-order chi connectivity index (χ0) is 22.7. The van der Waals surface area contributed by atoms with Crippen molar-refractivity contribution in [1.29, 1.82) is 5.26 Å². The summed E-state index contributed by atoms with van der Waals surface area (Å²) in [5, 5.41) is 14.3. The van der Waals surface area contributed by atoms with Crippen LogP contribution < -0.4 is 10.6 Å². The van der Waals surface area contributed by atoms with E-state index in [1.54, 1.807) is 20.8 Å². The average Bonchev–Trinajstić information content (AvgIpc) is 2.71. The van der Waals surface area contributed by atoms with Gasteiger partial charge in [0.1, 0.15) is 11.5 Å². The normalized spacial score (nSPS) is 12.7. The molecule has 11 heteroatoms. The lowest BCUT2D eigenvalue weighted by Crippen LogP contribution is -2.21. The maximum Gasteiger partial charge on any atom is 0.417 e. The van der Waals surface area contributed by atoms with Crippen LogP contribution in [-0.2, 0) is 22.4 Å². The first-order valence-corrected chi connectivity index (χ1v) is 10.1. The minimum atomic E-state index is -4.64. The van der Waals surface area contributed by atoms with Crippen LogP contribution in [0.25, 0.3) is 0 Å². The molecule has 30 heavy (non-hydrogen) atoms. The van der Waals surface area contributed by atoms with E-state index in [-0.39, 0.29) is 27.8 Å². The third-order valence-electron chi connectivity index (χ3n) is 4.28. The zero-order valence-electron chi connectivity index (χ0n) is 16.7. The third-order valence-corrected chi connectivity index (χ3v) is 5.60. The molecule has 0 spiro atoms. The molecule has 2 aromatic heterocycles. The van der Waals surface area contributed by atoms with Crippen LogP contribution in [0.3, 0.4) is 0 Å². The number of nitrogens with one attached hydrogen (secondary N) is 2. The lowest BCUT2D eigenvalue weighted by atomic mass is 9.87. The van der Waals surface area contributed by atoms with Crippen LogP contribution in [-0.4, -0.2) is 32.9 Å². The molecule has 7 nitrogen and oxygen atoms in total. The fourth-order valence-electron chi connectivity index (χ4n) is 2.45. The molecule has 0 aliphatic rings. The van der Waals surface area contributed by atoms with Gasteiger partial charge in [-0.15, -0.1) is 0 Å². The molecule has 160 valence electrons. The summed E-state index contributed by atoms with van der Waals surface area (Å²) in [5.74, 6) is -0.631. The molecule has 2 N–H and O–H groups in total. The predicted molar refractivity (Wildman–Crippen MR) is 107 cm³/mol. The number of carbonyl (C=O) groups excluding carboxylic acids is 1. The van der Waals surface area contributed by atoms with Crippen molar-refractivity contribution in [3.8, 4) is 6.07 Å². The van der Waals surface area contributed by atoms with Crippen molar-refractivity contribution in [3.05, 3.63) is 41.3 Å². The molecule has 2 heterocycles. The maximum absolute atomic E-state index is 13.0. The number of pyridine rings is 2. The molecule has 0 aromatic carbocycles. The first-order valence-electron chi connectivity index (χ1n) is 8.81. The second kappa shape index (κ2) is 8.79. The van der Waals surface area contributed by atoms with Crippen molar-refractivity contribution in [3.63, 3.8) is 0 Å². The fraction of sp³-hybridized carbons (Fsp3) is 0.368. The third kappa shape index (κ3) is 4.94. The van der Waals surface area contributed by atoms with Gasteiger partial charge in [0, 0.05) is 25.2 Å². The van der Waals surface area contributed by atoms with Gasteiger partial charge in [0.15, 0.2) is 0 Å². The number of halogens is 3. The first kappa shape index (κ1) is 23.3. The Morgan fingerprint density at radius 3 is 2.37 bits per heavy atom. The topological polar surface area (TPSA) is 108 Å². The minimum absolute atomic E-state index is 0.0248. The van der Waals surface area contributed by atoms with Crippen molar-refractivity contribution in [2.24, 2.45) is 0 Å². The van der Waals surface area contributed by atoms with Gasteiger partial charge >= 0.3 is 6.18 Å². The quantitative estimate of drug-likeness (QED) is 0.710. The Hall–Kier alpha value is -3.00. The Labute approximate surface area is 174 Å². The van der Waals surface area contributed by atoms with Gasteiger partial charge in [-0.2, -0.15) is 18.4 Å². The van der Waals surface area contributed by atoms with E-state index in [1.165, 1.54) is 19.3 Å². The molecular formula is C19H20F3N5O2S. The number of rotatable bonds is 6. The monoisotopic (exact) mass is 439 g/mol. The van der Waals surface area contributed by atoms with E-state index in [1.807, 2.05) is 0 Å². The van der Waals surface area contributed by atoms with Gasteiger partial charge in [-0.25, -0.2) is 9.97 Å². The molecule has 0 saturated carbocycles. The highest BCUT2D eigenvalue weighted by atomic mass is 32.2. The molecular weight excluding hydrogens is 419 g/mol. The molecule has 2 rings (SSSR count). The van der Waals surface area contributed by atoms with E-state index in [4.69, 9.17) is 0 Å². The van der Waals surface area contributed by atoms with Crippen LogP contribution in [0, 0.1) is 11.3 Å². The van der Waals surface area contributed by atoms with Crippen LogP contribution in [0.15, 0.2) is 29.4 Å². The summed E-state index contributed by atoms with van der Waals surface area (Å²) in [6.07, 6.45) is -2.68. The lowest BCUT2D eigenvalue weighted by molar-refractivity contribution is -0.137. The second-order valence-electron chi connectivity index (χ2n) is 6.76. The average molecular weight is 439 g/mol. The SMILES string of the molecule is CC[S@@](=O)c1cc(C(C)(C)C#N)cnc1C(=O)Nc1cc(C(F)(F)F)cnc1NC. The Bertz CT molecular complexity index is 1030. The Morgan fingerprint density at radius 2 is 1.83 bits per heavy atom. The second-order valence-corrected chi connectivity index (χ2v) is 8.47. The van der Waals surface area contributed by atoms with Gasteiger partial charge in [0.2, 0.25) is 0 Å². The first-order chi connectivity index (χ1) is 13.9. The number of nitriles is 1. The molecule has 0 fully saturated rings. The molecule has 0 aliphatic carbocycles. The van der Waals surface area contributed by atoms with E-state index in [0.717, 1.165) is 6.07 Å². The van der Waals surface area contributed by atoms with Gasteiger partial charge in [-0.05, 0) is 31.5 Å². The molecule has 0 bridgehead atoms. The summed E-state index contributed by atoms with van der Waals surface area (Å²) in [6.45, 7) is 4.95. The summed E-state index contributed by atoms with van der Waals surface area (Å²) < 4.78 is 51.6. The van der Waals surface area contributed by atoms with E-state index in [0.29, 0.717) is 11.8 Å². The molecule has 0 radical (unpaired) electrons. The molecule has 1 amide bonds. The molecule has 0 aliphatic heterocycles. The van der Waals surface area contributed by atoms with Gasteiger partial charge in [-0.3, -0.25) is 9.00 Å². The van der Waals surface area contributed by atoms with Gasteiger partial charge < -0.3 is 10.6 Å². The summed E-state index contributed by atoms with van der Waals surface area (Å²) in [4.78, 5) is 20.6. The molecule has 0 unspecified atom stereocenters. The Kier molecular flexibility index (Phi) is 6.82. The number of carbonyl (C=O) groups is 1. The number of hydrogen-bond acceptors (Lipinski definition) is 6. The van der Waals surface area contributed by atoms with Crippen molar-refractivity contribution < 1.29 is 22.2 Å². The highest BCUT2D eigenvalue weighted by molar-refractivity contribution is 7.85. The van der Waals surface area contributed by atoms with Crippen LogP contribution in [0.4, 0.5) is 24.7 Å². The smallest absolute Gasteiger partial charge is 0.371 e. The predicted octanol–water partition coefficient (Wildman–Crippen LogP) is 3.72. The zero-order valence-corrected chi connectivity index (χ0v) is 17.5. The number of nitrogens with zero attached hydrogens (tertiary/aromatic N) is 3. The Balaban J connectivity index is 2.51. The highest BCUT2D eigenvalue weighted by Crippen LogP contribution is 2.33. The number of hydrogen-bond donors (Lipinski definition) is 2. The molecule has 0 saturated heterocycles. The number of anilines is 2. The molecule has 1 atom stereocenters. The number of alkyl halides is 3. The summed E-state index contributed by atoms with van der Waals surface area (Å²) in [6, 6.07) is 4.32. The van der Waals surface area contributed by atoms with Gasteiger partial charge in [0.25, 0.3) is 5.91 Å². The number of aromatic nitrogens is 2. The maximum atomic E-state index is 13.0. The van der Waals surface area contributed by atoms with Crippen LogP contribution >= 0.6 is 0 Å². The molecule has 2 aromatic rings. The standard InChI is InChI=1S/C19H20F3N5O2S/c1-5-30(29)14-7-11(18(2,3)10-23)8-25-15(14)17(28)27-13-6-12(19(20,21)22)9-26-16(13)24-4/h6-9H,5H2,1-4H3,(H,24,26)(H,27,28)/t30-/m1/s1. The summed E-state index contributed by atoms with van der Waals surface area (Å²) in [5.41, 5.74) is -1.90. The summed E-state index contributed by atoms with van der Waals surface area (Å²) in [7, 11) is -0.153. The van der Waals surface area contributed by atoms with E-state index in [2.05, 4.69) is 26.7 Å².